The quantitative estimate of drug-likeness (QED) is 0.892. The summed E-state index contributed by atoms with van der Waals surface area (Å²) in [6, 6.07) is 10.1. The first-order valence-electron chi connectivity index (χ1n) is 6.20. The zero-order valence-corrected chi connectivity index (χ0v) is 11.3. The lowest BCUT2D eigenvalue weighted by atomic mass is 10.1. The maximum atomic E-state index is 13.2. The normalized spacial score (nSPS) is 12.3. The van der Waals surface area contributed by atoms with Gasteiger partial charge in [0.25, 0.3) is 0 Å². The lowest BCUT2D eigenvalue weighted by Crippen LogP contribution is -1.98. The lowest BCUT2D eigenvalue weighted by molar-refractivity contribution is 0.195. The molecule has 2 rings (SSSR count). The predicted octanol–water partition coefficient (Wildman–Crippen LogP) is 4.29. The first kappa shape index (κ1) is 13.6. The van der Waals surface area contributed by atoms with Gasteiger partial charge in [-0.1, -0.05) is 12.1 Å². The number of hydrogen-bond acceptors (Lipinski definition) is 2. The van der Waals surface area contributed by atoms with Gasteiger partial charge in [0.05, 0.1) is 6.10 Å². The van der Waals surface area contributed by atoms with E-state index < -0.39 is 6.10 Å². The number of hydrogen-bond donors (Lipinski definition) is 1. The Kier molecular flexibility index (Phi) is 3.86. The molecule has 1 N–H and O–H groups in total. The van der Waals surface area contributed by atoms with Crippen LogP contribution in [0.25, 0.3) is 0 Å². The summed E-state index contributed by atoms with van der Waals surface area (Å²) in [6.45, 7) is 5.51. The van der Waals surface area contributed by atoms with E-state index in [4.69, 9.17) is 4.74 Å². The van der Waals surface area contributed by atoms with E-state index in [1.807, 2.05) is 32.0 Å². The van der Waals surface area contributed by atoms with Gasteiger partial charge in [0.15, 0.2) is 0 Å². The molecular weight excluding hydrogens is 243 g/mol. The van der Waals surface area contributed by atoms with Gasteiger partial charge in [0, 0.05) is 5.56 Å². The molecule has 0 saturated heterocycles. The molecule has 0 spiro atoms. The van der Waals surface area contributed by atoms with Crippen molar-refractivity contribution in [3.63, 3.8) is 0 Å². The van der Waals surface area contributed by atoms with Crippen molar-refractivity contribution < 1.29 is 14.2 Å². The molecule has 100 valence electrons. The van der Waals surface area contributed by atoms with Crippen molar-refractivity contribution in [2.24, 2.45) is 0 Å². The van der Waals surface area contributed by atoms with Crippen LogP contribution in [0, 0.1) is 19.7 Å². The fourth-order valence-corrected chi connectivity index (χ4v) is 1.87. The summed E-state index contributed by atoms with van der Waals surface area (Å²) < 4.78 is 19.0. The average Bonchev–Trinajstić information content (AvgIpc) is 2.35. The van der Waals surface area contributed by atoms with Gasteiger partial charge in [-0.3, -0.25) is 0 Å². The van der Waals surface area contributed by atoms with Gasteiger partial charge in [-0.05, 0) is 56.2 Å². The van der Waals surface area contributed by atoms with Crippen LogP contribution >= 0.6 is 0 Å². The summed E-state index contributed by atoms with van der Waals surface area (Å²) in [5.41, 5.74) is 2.52. The fourth-order valence-electron chi connectivity index (χ4n) is 1.87. The Labute approximate surface area is 112 Å². The van der Waals surface area contributed by atoms with Gasteiger partial charge in [-0.25, -0.2) is 4.39 Å². The van der Waals surface area contributed by atoms with Gasteiger partial charge < -0.3 is 9.84 Å². The van der Waals surface area contributed by atoms with Crippen LogP contribution in [0.4, 0.5) is 4.39 Å². The summed E-state index contributed by atoms with van der Waals surface area (Å²) in [5, 5.41) is 9.68. The van der Waals surface area contributed by atoms with E-state index in [1.54, 1.807) is 13.0 Å². The minimum atomic E-state index is -0.782. The zero-order valence-electron chi connectivity index (χ0n) is 11.3. The van der Waals surface area contributed by atoms with Gasteiger partial charge in [-0.15, -0.1) is 0 Å². The molecule has 3 heteroatoms. The summed E-state index contributed by atoms with van der Waals surface area (Å²) in [6.07, 6.45) is -0.782. The zero-order chi connectivity index (χ0) is 14.0. The SMILES string of the molecule is Cc1ccc(C)c(Oc2ccc(F)cc2C(C)O)c1. The summed E-state index contributed by atoms with van der Waals surface area (Å²) in [7, 11) is 0. The van der Waals surface area contributed by atoms with Crippen molar-refractivity contribution in [2.75, 3.05) is 0 Å². The molecule has 2 aromatic rings. The number of ether oxygens (including phenoxy) is 1. The number of benzene rings is 2. The highest BCUT2D eigenvalue weighted by Crippen LogP contribution is 2.32. The van der Waals surface area contributed by atoms with E-state index in [1.165, 1.54) is 12.1 Å². The highest BCUT2D eigenvalue weighted by molar-refractivity contribution is 5.43. The largest absolute Gasteiger partial charge is 0.457 e. The second-order valence-corrected chi connectivity index (χ2v) is 4.73. The Bertz CT molecular complexity index is 591. The first-order chi connectivity index (χ1) is 8.97. The molecule has 0 amide bonds. The number of aryl methyl sites for hydroxylation is 2. The van der Waals surface area contributed by atoms with E-state index in [2.05, 4.69) is 0 Å². The molecule has 0 saturated carbocycles. The van der Waals surface area contributed by atoms with Crippen molar-refractivity contribution in [1.82, 2.24) is 0 Å². The molecule has 0 fully saturated rings. The second-order valence-electron chi connectivity index (χ2n) is 4.73. The molecule has 2 nitrogen and oxygen atoms in total. The van der Waals surface area contributed by atoms with Crippen molar-refractivity contribution >= 4 is 0 Å². The van der Waals surface area contributed by atoms with Crippen LogP contribution in [0.3, 0.4) is 0 Å². The van der Waals surface area contributed by atoms with Crippen LogP contribution in [-0.4, -0.2) is 5.11 Å². The smallest absolute Gasteiger partial charge is 0.133 e. The fraction of sp³-hybridized carbons (Fsp3) is 0.250. The number of aliphatic hydroxyl groups excluding tert-OH is 1. The van der Waals surface area contributed by atoms with Gasteiger partial charge in [-0.2, -0.15) is 0 Å². The third-order valence-corrected chi connectivity index (χ3v) is 2.99. The van der Waals surface area contributed by atoms with Crippen molar-refractivity contribution in [3.05, 3.63) is 58.9 Å². The second kappa shape index (κ2) is 5.41. The number of halogens is 1. The molecule has 0 aliphatic heterocycles. The third kappa shape index (κ3) is 3.12. The molecule has 0 aromatic heterocycles. The van der Waals surface area contributed by atoms with E-state index >= 15 is 0 Å². The maximum absolute atomic E-state index is 13.2. The Balaban J connectivity index is 2.40. The Morgan fingerprint density at radius 2 is 1.79 bits per heavy atom. The minimum Gasteiger partial charge on any atom is -0.457 e. The predicted molar refractivity (Wildman–Crippen MR) is 73.0 cm³/mol. The number of aliphatic hydroxyl groups is 1. The third-order valence-electron chi connectivity index (χ3n) is 2.99. The molecule has 19 heavy (non-hydrogen) atoms. The first-order valence-corrected chi connectivity index (χ1v) is 6.20. The Morgan fingerprint density at radius 3 is 2.47 bits per heavy atom. The van der Waals surface area contributed by atoms with E-state index in [9.17, 15) is 9.50 Å². The Hall–Kier alpha value is -1.87. The van der Waals surface area contributed by atoms with E-state index in [0.29, 0.717) is 17.1 Å². The monoisotopic (exact) mass is 260 g/mol. The summed E-state index contributed by atoms with van der Waals surface area (Å²) >= 11 is 0. The highest BCUT2D eigenvalue weighted by Gasteiger charge is 2.12. The van der Waals surface area contributed by atoms with Crippen LogP contribution in [0.15, 0.2) is 36.4 Å². The van der Waals surface area contributed by atoms with Gasteiger partial charge in [0.1, 0.15) is 17.3 Å². The molecule has 0 aliphatic rings. The molecule has 2 aromatic carbocycles. The topological polar surface area (TPSA) is 29.5 Å². The van der Waals surface area contributed by atoms with Gasteiger partial charge >= 0.3 is 0 Å². The van der Waals surface area contributed by atoms with E-state index in [0.717, 1.165) is 11.1 Å². The molecular formula is C16H17FO2. The minimum absolute atomic E-state index is 0.385. The van der Waals surface area contributed by atoms with Crippen LogP contribution < -0.4 is 4.74 Å². The van der Waals surface area contributed by atoms with Crippen LogP contribution in [0.2, 0.25) is 0 Å². The van der Waals surface area contributed by atoms with Gasteiger partial charge in [0.2, 0.25) is 0 Å². The van der Waals surface area contributed by atoms with Crippen LogP contribution in [0.1, 0.15) is 29.7 Å². The number of rotatable bonds is 3. The average molecular weight is 260 g/mol. The lowest BCUT2D eigenvalue weighted by Gasteiger charge is -2.15. The van der Waals surface area contributed by atoms with Crippen molar-refractivity contribution in [2.45, 2.75) is 26.9 Å². The Morgan fingerprint density at radius 1 is 1.05 bits per heavy atom. The summed E-state index contributed by atoms with van der Waals surface area (Å²) in [5.74, 6) is 0.808. The molecule has 0 radical (unpaired) electrons. The highest BCUT2D eigenvalue weighted by atomic mass is 19.1. The maximum Gasteiger partial charge on any atom is 0.133 e. The van der Waals surface area contributed by atoms with Crippen molar-refractivity contribution in [3.8, 4) is 11.5 Å². The van der Waals surface area contributed by atoms with E-state index in [-0.39, 0.29) is 5.82 Å². The molecule has 0 bridgehead atoms. The van der Waals surface area contributed by atoms with Crippen LogP contribution in [-0.2, 0) is 0 Å². The molecule has 0 heterocycles. The molecule has 0 aliphatic carbocycles. The molecule has 1 unspecified atom stereocenters. The van der Waals surface area contributed by atoms with Crippen LogP contribution in [0.5, 0.6) is 11.5 Å². The standard InChI is InChI=1S/C16H17FO2/c1-10-4-5-11(2)16(8-10)19-15-7-6-13(17)9-14(15)12(3)18/h4-9,12,18H,1-3H3. The molecule has 1 atom stereocenters. The summed E-state index contributed by atoms with van der Waals surface area (Å²) in [4.78, 5) is 0. The van der Waals surface area contributed by atoms with Crippen molar-refractivity contribution in [1.29, 1.82) is 0 Å².